The molecule has 6 nitrogen and oxygen atoms in total. The quantitative estimate of drug-likeness (QED) is 0.824. The number of carbonyl (C=O) groups is 3. The predicted octanol–water partition coefficient (Wildman–Crippen LogP) is 2.28. The van der Waals surface area contributed by atoms with E-state index in [4.69, 9.17) is 0 Å². The Morgan fingerprint density at radius 3 is 2.33 bits per heavy atom. The van der Waals surface area contributed by atoms with E-state index in [0.717, 1.165) is 50.3 Å². The summed E-state index contributed by atoms with van der Waals surface area (Å²) in [6, 6.07) is 2.24. The molecule has 3 amide bonds. The summed E-state index contributed by atoms with van der Waals surface area (Å²) < 4.78 is 31.3. The van der Waals surface area contributed by atoms with Crippen molar-refractivity contribution < 1.29 is 27.9 Å². The number of ether oxygens (including phenoxy) is 1. The van der Waals surface area contributed by atoms with E-state index in [1.54, 1.807) is 0 Å². The van der Waals surface area contributed by atoms with Crippen molar-refractivity contribution in [3.63, 3.8) is 0 Å². The molecule has 1 saturated carbocycles. The molecule has 2 rings (SSSR count). The molecule has 1 aromatic rings. The van der Waals surface area contributed by atoms with Crippen LogP contribution >= 0.6 is 0 Å². The molecular formula is C16H18F2N2O4. The van der Waals surface area contributed by atoms with Crippen LogP contribution in [0.1, 0.15) is 42.5 Å². The van der Waals surface area contributed by atoms with Crippen molar-refractivity contribution in [2.45, 2.75) is 38.1 Å². The lowest BCUT2D eigenvalue weighted by atomic mass is 9.96. The van der Waals surface area contributed by atoms with Crippen LogP contribution in [0.4, 0.5) is 13.6 Å². The molecule has 0 aromatic heterocycles. The van der Waals surface area contributed by atoms with Gasteiger partial charge in [0.05, 0.1) is 0 Å². The molecule has 0 unspecified atom stereocenters. The van der Waals surface area contributed by atoms with Crippen molar-refractivity contribution in [1.82, 2.24) is 10.6 Å². The molecule has 1 aliphatic carbocycles. The third kappa shape index (κ3) is 5.00. The minimum Gasteiger partial charge on any atom is -0.452 e. The SMILES string of the molecule is O=C(COC(=O)c1c(F)cccc1F)NC(=O)NC1CCCCC1. The lowest BCUT2D eigenvalue weighted by Gasteiger charge is -2.22. The van der Waals surface area contributed by atoms with Crippen LogP contribution in [0.2, 0.25) is 0 Å². The Labute approximate surface area is 137 Å². The van der Waals surface area contributed by atoms with Crippen molar-refractivity contribution in [2.24, 2.45) is 0 Å². The van der Waals surface area contributed by atoms with E-state index in [1.807, 2.05) is 5.32 Å². The van der Waals surface area contributed by atoms with E-state index in [-0.39, 0.29) is 6.04 Å². The van der Waals surface area contributed by atoms with Gasteiger partial charge in [-0.05, 0) is 25.0 Å². The minimum atomic E-state index is -1.31. The van der Waals surface area contributed by atoms with Gasteiger partial charge in [0.15, 0.2) is 6.61 Å². The predicted molar refractivity (Wildman–Crippen MR) is 80.2 cm³/mol. The maximum atomic E-state index is 13.4. The molecule has 24 heavy (non-hydrogen) atoms. The van der Waals surface area contributed by atoms with Crippen LogP contribution in [-0.2, 0) is 9.53 Å². The molecule has 8 heteroatoms. The smallest absolute Gasteiger partial charge is 0.344 e. The summed E-state index contributed by atoms with van der Waals surface area (Å²) in [5.74, 6) is -4.37. The number of carbonyl (C=O) groups excluding carboxylic acids is 3. The number of hydrogen-bond acceptors (Lipinski definition) is 4. The molecular weight excluding hydrogens is 322 g/mol. The first kappa shape index (κ1) is 17.8. The Morgan fingerprint density at radius 2 is 1.71 bits per heavy atom. The van der Waals surface area contributed by atoms with E-state index in [1.165, 1.54) is 0 Å². The van der Waals surface area contributed by atoms with Crippen LogP contribution in [0.5, 0.6) is 0 Å². The van der Waals surface area contributed by atoms with Gasteiger partial charge in [-0.2, -0.15) is 0 Å². The van der Waals surface area contributed by atoms with Gasteiger partial charge in [-0.25, -0.2) is 18.4 Å². The van der Waals surface area contributed by atoms with E-state index in [2.05, 4.69) is 10.1 Å². The summed E-state index contributed by atoms with van der Waals surface area (Å²) in [4.78, 5) is 34.8. The Kier molecular flexibility index (Phi) is 6.22. The molecule has 0 heterocycles. The van der Waals surface area contributed by atoms with Crippen LogP contribution in [0.25, 0.3) is 0 Å². The average Bonchev–Trinajstić information content (AvgIpc) is 2.53. The number of benzene rings is 1. The Bertz CT molecular complexity index is 610. The van der Waals surface area contributed by atoms with Gasteiger partial charge < -0.3 is 10.1 Å². The van der Waals surface area contributed by atoms with Crippen molar-refractivity contribution in [3.8, 4) is 0 Å². The fourth-order valence-electron chi connectivity index (χ4n) is 2.53. The molecule has 0 aliphatic heterocycles. The van der Waals surface area contributed by atoms with E-state index in [0.29, 0.717) is 0 Å². The molecule has 130 valence electrons. The number of amides is 3. The number of imide groups is 1. The molecule has 0 radical (unpaired) electrons. The Balaban J connectivity index is 1.78. The molecule has 0 spiro atoms. The Morgan fingerprint density at radius 1 is 1.08 bits per heavy atom. The monoisotopic (exact) mass is 340 g/mol. The number of urea groups is 1. The fraction of sp³-hybridized carbons (Fsp3) is 0.438. The number of halogens is 2. The zero-order chi connectivity index (χ0) is 17.5. The lowest BCUT2D eigenvalue weighted by molar-refractivity contribution is -0.123. The zero-order valence-electron chi connectivity index (χ0n) is 12.9. The lowest BCUT2D eigenvalue weighted by Crippen LogP contribution is -2.46. The summed E-state index contributed by atoms with van der Waals surface area (Å²) in [6.45, 7) is -0.815. The van der Waals surface area contributed by atoms with Gasteiger partial charge in [-0.3, -0.25) is 10.1 Å². The minimum absolute atomic E-state index is 0.0154. The van der Waals surface area contributed by atoms with Gasteiger partial charge in [0.1, 0.15) is 17.2 Å². The highest BCUT2D eigenvalue weighted by atomic mass is 19.1. The van der Waals surface area contributed by atoms with Crippen LogP contribution < -0.4 is 10.6 Å². The normalized spacial score (nSPS) is 14.8. The van der Waals surface area contributed by atoms with Gasteiger partial charge >= 0.3 is 12.0 Å². The maximum absolute atomic E-state index is 13.4. The van der Waals surface area contributed by atoms with E-state index in [9.17, 15) is 23.2 Å². The molecule has 1 fully saturated rings. The van der Waals surface area contributed by atoms with Gasteiger partial charge in [0.25, 0.3) is 5.91 Å². The zero-order valence-corrected chi connectivity index (χ0v) is 12.9. The second-order valence-corrected chi connectivity index (χ2v) is 5.53. The summed E-state index contributed by atoms with van der Waals surface area (Å²) in [5.41, 5.74) is -0.878. The third-order valence-electron chi connectivity index (χ3n) is 3.69. The van der Waals surface area contributed by atoms with Crippen LogP contribution in [-0.4, -0.2) is 30.6 Å². The molecule has 2 N–H and O–H groups in total. The van der Waals surface area contributed by atoms with Gasteiger partial charge in [0.2, 0.25) is 0 Å². The highest BCUT2D eigenvalue weighted by molar-refractivity contribution is 5.97. The van der Waals surface area contributed by atoms with Crippen LogP contribution in [0, 0.1) is 11.6 Å². The fourth-order valence-corrected chi connectivity index (χ4v) is 2.53. The topological polar surface area (TPSA) is 84.5 Å². The summed E-state index contributed by atoms with van der Waals surface area (Å²) in [5, 5.41) is 4.67. The number of rotatable bonds is 4. The second-order valence-electron chi connectivity index (χ2n) is 5.53. The van der Waals surface area contributed by atoms with Gasteiger partial charge in [-0.1, -0.05) is 25.3 Å². The summed E-state index contributed by atoms with van der Waals surface area (Å²) in [7, 11) is 0. The first-order valence-corrected chi connectivity index (χ1v) is 7.69. The standard InChI is InChI=1S/C16H18F2N2O4/c17-11-7-4-8-12(18)14(11)15(22)24-9-13(21)20-16(23)19-10-5-2-1-3-6-10/h4,7-8,10H,1-3,5-6,9H2,(H2,19,20,21,23). The van der Waals surface area contributed by atoms with Crippen molar-refractivity contribution in [1.29, 1.82) is 0 Å². The summed E-state index contributed by atoms with van der Waals surface area (Å²) in [6.07, 6.45) is 4.86. The molecule has 1 aliphatic rings. The van der Waals surface area contributed by atoms with E-state index >= 15 is 0 Å². The summed E-state index contributed by atoms with van der Waals surface area (Å²) >= 11 is 0. The number of nitrogens with one attached hydrogen (secondary N) is 2. The second kappa shape index (κ2) is 8.37. The van der Waals surface area contributed by atoms with Crippen molar-refractivity contribution >= 4 is 17.9 Å². The van der Waals surface area contributed by atoms with Gasteiger partial charge in [-0.15, -0.1) is 0 Å². The highest BCUT2D eigenvalue weighted by Crippen LogP contribution is 2.17. The highest BCUT2D eigenvalue weighted by Gasteiger charge is 2.21. The van der Waals surface area contributed by atoms with Crippen molar-refractivity contribution in [3.05, 3.63) is 35.4 Å². The number of hydrogen-bond donors (Lipinski definition) is 2. The first-order chi connectivity index (χ1) is 11.5. The van der Waals surface area contributed by atoms with Crippen LogP contribution in [0.3, 0.4) is 0 Å². The molecule has 0 atom stereocenters. The average molecular weight is 340 g/mol. The van der Waals surface area contributed by atoms with Crippen LogP contribution in [0.15, 0.2) is 18.2 Å². The molecule has 0 bridgehead atoms. The Hall–Kier alpha value is -2.51. The van der Waals surface area contributed by atoms with E-state index < -0.39 is 41.7 Å². The van der Waals surface area contributed by atoms with Crippen molar-refractivity contribution in [2.75, 3.05) is 6.61 Å². The maximum Gasteiger partial charge on any atom is 0.344 e. The number of esters is 1. The third-order valence-corrected chi connectivity index (χ3v) is 3.69. The largest absolute Gasteiger partial charge is 0.452 e. The first-order valence-electron chi connectivity index (χ1n) is 7.69. The van der Waals surface area contributed by atoms with Gasteiger partial charge in [0, 0.05) is 6.04 Å². The molecule has 0 saturated heterocycles. The molecule has 1 aromatic carbocycles.